The van der Waals surface area contributed by atoms with Gasteiger partial charge in [-0.15, -0.1) is 0 Å². The van der Waals surface area contributed by atoms with Crippen molar-refractivity contribution in [2.24, 2.45) is 11.8 Å². The summed E-state index contributed by atoms with van der Waals surface area (Å²) in [5.41, 5.74) is -0.851. The van der Waals surface area contributed by atoms with Crippen LogP contribution in [0.3, 0.4) is 0 Å². The van der Waals surface area contributed by atoms with E-state index in [4.69, 9.17) is 27.9 Å². The number of nitrogens with zero attached hydrogens (tertiary/aromatic N) is 1. The third-order valence-corrected chi connectivity index (χ3v) is 8.06. The summed E-state index contributed by atoms with van der Waals surface area (Å²) in [6.07, 6.45) is -1.11. The lowest BCUT2D eigenvalue weighted by Crippen LogP contribution is -2.51. The third-order valence-electron chi connectivity index (χ3n) is 7.32. The molecule has 3 aliphatic rings. The van der Waals surface area contributed by atoms with Crippen LogP contribution >= 0.6 is 23.2 Å². The zero-order valence-electron chi connectivity index (χ0n) is 19.2. The fourth-order valence-corrected chi connectivity index (χ4v) is 5.91. The number of Topliss-reactive ketones (excluding diaryl/α,β-unsaturated/α-hetero) is 3. The number of benzene rings is 3. The molecular weight excluding hydrogens is 517 g/mol. The van der Waals surface area contributed by atoms with E-state index in [0.29, 0.717) is 11.1 Å². The maximum Gasteiger partial charge on any atom is 0.241 e. The van der Waals surface area contributed by atoms with E-state index in [0.717, 1.165) is 4.90 Å². The molecule has 0 radical (unpaired) electrons. The molecule has 0 aromatic heterocycles. The first kappa shape index (κ1) is 23.7. The molecule has 2 heterocycles. The van der Waals surface area contributed by atoms with Crippen molar-refractivity contribution in [1.82, 2.24) is 0 Å². The van der Waals surface area contributed by atoms with E-state index in [1.807, 2.05) is 0 Å². The monoisotopic (exact) mass is 533 g/mol. The molecule has 2 amide bonds. The molecule has 0 bridgehead atoms. The standard InChI is InChI=1S/C28H17Cl2NO6/c1-13(32)14-6-9-16(10-7-14)31-26(35)21-22(27(31)36)28(24(33)17-4-2-3-5-18(17)25(28)34)37-23(21)15-8-11-19(29)20(30)12-15/h2-12,21-23H,1H3. The van der Waals surface area contributed by atoms with Gasteiger partial charge in [0.1, 0.15) is 0 Å². The molecule has 1 spiro atoms. The van der Waals surface area contributed by atoms with Crippen LogP contribution in [0.5, 0.6) is 0 Å². The first-order chi connectivity index (χ1) is 17.7. The highest BCUT2D eigenvalue weighted by atomic mass is 35.5. The van der Waals surface area contributed by atoms with Crippen molar-refractivity contribution in [3.05, 3.63) is 99.0 Å². The molecule has 184 valence electrons. The lowest BCUT2D eigenvalue weighted by molar-refractivity contribution is -0.127. The van der Waals surface area contributed by atoms with Crippen molar-refractivity contribution < 1.29 is 28.7 Å². The molecule has 3 aromatic carbocycles. The highest BCUT2D eigenvalue weighted by molar-refractivity contribution is 6.42. The Kier molecular flexibility index (Phi) is 5.25. The van der Waals surface area contributed by atoms with Crippen molar-refractivity contribution in [2.75, 3.05) is 4.90 Å². The number of hydrogen-bond donors (Lipinski definition) is 0. The summed E-state index contributed by atoms with van der Waals surface area (Å²) in [6, 6.07) is 16.9. The molecule has 1 aliphatic carbocycles. The number of anilines is 1. The Labute approximate surface area is 220 Å². The molecule has 9 heteroatoms. The van der Waals surface area contributed by atoms with Gasteiger partial charge in [0, 0.05) is 16.7 Å². The van der Waals surface area contributed by atoms with E-state index in [1.54, 1.807) is 18.2 Å². The largest absolute Gasteiger partial charge is 0.349 e. The zero-order valence-corrected chi connectivity index (χ0v) is 20.7. The number of ether oxygens (including phenoxy) is 1. The summed E-state index contributed by atoms with van der Waals surface area (Å²) in [6.45, 7) is 1.41. The predicted molar refractivity (Wildman–Crippen MR) is 134 cm³/mol. The highest BCUT2D eigenvalue weighted by Crippen LogP contribution is 2.58. The normalized spacial score (nSPS) is 23.6. The number of amides is 2. The molecule has 2 aliphatic heterocycles. The van der Waals surface area contributed by atoms with E-state index in [-0.39, 0.29) is 32.6 Å². The van der Waals surface area contributed by atoms with Gasteiger partial charge in [-0.05, 0) is 48.9 Å². The topological polar surface area (TPSA) is 97.8 Å². The summed E-state index contributed by atoms with van der Waals surface area (Å²) in [5, 5.41) is 0.470. The first-order valence-corrected chi connectivity index (χ1v) is 12.2. The predicted octanol–water partition coefficient (Wildman–Crippen LogP) is 4.89. The van der Waals surface area contributed by atoms with Crippen LogP contribution in [0.15, 0.2) is 66.7 Å². The average molecular weight is 534 g/mol. The molecular formula is C28H17Cl2NO6. The van der Waals surface area contributed by atoms with E-state index >= 15 is 0 Å². The van der Waals surface area contributed by atoms with Crippen molar-refractivity contribution in [1.29, 1.82) is 0 Å². The van der Waals surface area contributed by atoms with Gasteiger partial charge in [0.25, 0.3) is 0 Å². The van der Waals surface area contributed by atoms with Gasteiger partial charge in [0.2, 0.25) is 29.0 Å². The summed E-state index contributed by atoms with van der Waals surface area (Å²) >= 11 is 12.3. The van der Waals surface area contributed by atoms with Gasteiger partial charge in [-0.2, -0.15) is 0 Å². The second-order valence-corrected chi connectivity index (χ2v) is 10.1. The molecule has 37 heavy (non-hydrogen) atoms. The van der Waals surface area contributed by atoms with Crippen molar-refractivity contribution in [3.63, 3.8) is 0 Å². The summed E-state index contributed by atoms with van der Waals surface area (Å²) in [4.78, 5) is 68.0. The van der Waals surface area contributed by atoms with Crippen LogP contribution in [0.2, 0.25) is 10.0 Å². The Bertz CT molecular complexity index is 1530. The number of hydrogen-bond acceptors (Lipinski definition) is 6. The number of carbonyl (C=O) groups is 5. The SMILES string of the molecule is CC(=O)c1ccc(N2C(=O)C3C(c4ccc(Cl)c(Cl)c4)OC4(C(=O)c5ccccc5C4=O)C3C2=O)cc1. The van der Waals surface area contributed by atoms with Crippen LogP contribution in [-0.4, -0.2) is 34.8 Å². The van der Waals surface area contributed by atoms with Gasteiger partial charge in [-0.3, -0.25) is 24.0 Å². The third kappa shape index (κ3) is 3.14. The number of fused-ring (bicyclic) bond motifs is 3. The van der Waals surface area contributed by atoms with E-state index in [9.17, 15) is 24.0 Å². The Morgan fingerprint density at radius 2 is 1.46 bits per heavy atom. The quantitative estimate of drug-likeness (QED) is 0.270. The van der Waals surface area contributed by atoms with Crippen LogP contribution in [0.1, 0.15) is 49.7 Å². The molecule has 3 aromatic rings. The van der Waals surface area contributed by atoms with E-state index in [2.05, 4.69) is 0 Å². The van der Waals surface area contributed by atoms with E-state index in [1.165, 1.54) is 55.5 Å². The van der Waals surface area contributed by atoms with Gasteiger partial charge in [-0.1, -0.05) is 53.5 Å². The first-order valence-electron chi connectivity index (χ1n) is 11.5. The van der Waals surface area contributed by atoms with Gasteiger partial charge in [-0.25, -0.2) is 4.90 Å². The van der Waals surface area contributed by atoms with Gasteiger partial charge in [0.15, 0.2) is 5.78 Å². The number of carbonyl (C=O) groups excluding carboxylic acids is 5. The van der Waals surface area contributed by atoms with Crippen molar-refractivity contribution in [3.8, 4) is 0 Å². The molecule has 6 rings (SSSR count). The molecule has 0 saturated carbocycles. The van der Waals surface area contributed by atoms with Crippen LogP contribution in [0.4, 0.5) is 5.69 Å². The maximum absolute atomic E-state index is 13.9. The second kappa shape index (κ2) is 8.18. The van der Waals surface area contributed by atoms with Gasteiger partial charge < -0.3 is 4.74 Å². The molecule has 2 fully saturated rings. The smallest absolute Gasteiger partial charge is 0.241 e. The molecule has 3 atom stereocenters. The van der Waals surface area contributed by atoms with Gasteiger partial charge in [0.05, 0.1) is 33.7 Å². The summed E-state index contributed by atoms with van der Waals surface area (Å²) in [5.74, 6) is -5.37. The van der Waals surface area contributed by atoms with Crippen LogP contribution < -0.4 is 4.90 Å². The van der Waals surface area contributed by atoms with Gasteiger partial charge >= 0.3 is 0 Å². The van der Waals surface area contributed by atoms with Crippen LogP contribution in [0.25, 0.3) is 0 Å². The lowest BCUT2D eigenvalue weighted by atomic mass is 9.77. The maximum atomic E-state index is 13.9. The molecule has 0 N–H and O–H groups in total. The Morgan fingerprint density at radius 3 is 2.03 bits per heavy atom. The minimum Gasteiger partial charge on any atom is -0.349 e. The van der Waals surface area contributed by atoms with Crippen LogP contribution in [0, 0.1) is 11.8 Å². The second-order valence-electron chi connectivity index (χ2n) is 9.27. The summed E-state index contributed by atoms with van der Waals surface area (Å²) in [7, 11) is 0. The number of rotatable bonds is 3. The zero-order chi connectivity index (χ0) is 26.2. The van der Waals surface area contributed by atoms with Crippen molar-refractivity contribution in [2.45, 2.75) is 18.6 Å². The average Bonchev–Trinajstić information content (AvgIpc) is 3.46. The molecule has 3 unspecified atom stereocenters. The van der Waals surface area contributed by atoms with Crippen LogP contribution in [-0.2, 0) is 14.3 Å². The number of imide groups is 1. The number of halogens is 2. The fraction of sp³-hybridized carbons (Fsp3) is 0.179. The molecule has 7 nitrogen and oxygen atoms in total. The molecule has 2 saturated heterocycles. The van der Waals surface area contributed by atoms with Crippen molar-refractivity contribution >= 4 is 58.1 Å². The Morgan fingerprint density at radius 1 is 0.838 bits per heavy atom. The Hall–Kier alpha value is -3.65. The fourth-order valence-electron chi connectivity index (χ4n) is 5.61. The Balaban J connectivity index is 1.52. The lowest BCUT2D eigenvalue weighted by Gasteiger charge is -2.27. The highest BCUT2D eigenvalue weighted by Gasteiger charge is 2.74. The van der Waals surface area contributed by atoms with E-state index < -0.39 is 46.9 Å². The summed E-state index contributed by atoms with van der Waals surface area (Å²) < 4.78 is 6.23. The minimum atomic E-state index is -2.19. The number of ketones is 3. The minimum absolute atomic E-state index is 0.144.